The lowest BCUT2D eigenvalue weighted by molar-refractivity contribution is 0.628. The minimum Gasteiger partial charge on any atom is -0.324 e. The highest BCUT2D eigenvalue weighted by molar-refractivity contribution is 5.84. The zero-order valence-electron chi connectivity index (χ0n) is 13.7. The highest BCUT2D eigenvalue weighted by Crippen LogP contribution is 2.24. The van der Waals surface area contributed by atoms with Crippen LogP contribution in [0.15, 0.2) is 72.9 Å². The van der Waals surface area contributed by atoms with Gasteiger partial charge >= 0.3 is 0 Å². The van der Waals surface area contributed by atoms with Gasteiger partial charge in [0.15, 0.2) is 0 Å². The lowest BCUT2D eigenvalue weighted by atomic mass is 10.0. The summed E-state index contributed by atoms with van der Waals surface area (Å²) in [6.07, 6.45) is 1.80. The summed E-state index contributed by atoms with van der Waals surface area (Å²) < 4.78 is 13.1. The maximum Gasteiger partial charge on any atom is 0.227 e. The zero-order valence-corrected chi connectivity index (χ0v) is 13.7. The summed E-state index contributed by atoms with van der Waals surface area (Å²) in [5.41, 5.74) is 4.97. The molecule has 0 spiro atoms. The number of halogens is 1. The summed E-state index contributed by atoms with van der Waals surface area (Å²) >= 11 is 0. The van der Waals surface area contributed by atoms with Crippen LogP contribution < -0.4 is 5.32 Å². The van der Waals surface area contributed by atoms with Gasteiger partial charge in [-0.05, 0) is 60.0 Å². The third-order valence-corrected chi connectivity index (χ3v) is 4.03. The van der Waals surface area contributed by atoms with Crippen LogP contribution in [-0.4, -0.2) is 9.97 Å². The normalized spacial score (nSPS) is 10.8. The van der Waals surface area contributed by atoms with Crippen molar-refractivity contribution in [1.82, 2.24) is 9.97 Å². The Morgan fingerprint density at radius 2 is 1.68 bits per heavy atom. The quantitative estimate of drug-likeness (QED) is 0.540. The molecular formula is C21H16FN3. The highest BCUT2D eigenvalue weighted by atomic mass is 19.1. The first-order chi connectivity index (χ1) is 12.2. The van der Waals surface area contributed by atoms with Gasteiger partial charge in [-0.2, -0.15) is 0 Å². The second kappa shape index (κ2) is 6.32. The minimum absolute atomic E-state index is 0.236. The van der Waals surface area contributed by atoms with E-state index >= 15 is 0 Å². The van der Waals surface area contributed by atoms with Crippen LogP contribution in [0.2, 0.25) is 0 Å². The number of nitrogens with one attached hydrogen (secondary N) is 1. The number of rotatable bonds is 3. The number of aromatic nitrogens is 2. The topological polar surface area (TPSA) is 37.8 Å². The van der Waals surface area contributed by atoms with Crippen molar-refractivity contribution in [3.8, 4) is 11.1 Å². The predicted octanol–water partition coefficient (Wildman–Crippen LogP) is 5.49. The van der Waals surface area contributed by atoms with E-state index in [9.17, 15) is 4.39 Å². The van der Waals surface area contributed by atoms with E-state index in [1.807, 2.05) is 49.4 Å². The van der Waals surface area contributed by atoms with Gasteiger partial charge in [0.2, 0.25) is 5.95 Å². The first kappa shape index (κ1) is 15.3. The van der Waals surface area contributed by atoms with Gasteiger partial charge in [0.25, 0.3) is 0 Å². The van der Waals surface area contributed by atoms with Crippen LogP contribution in [0.1, 0.15) is 5.56 Å². The fraction of sp³-hybridized carbons (Fsp3) is 0.0476. The Morgan fingerprint density at radius 1 is 0.880 bits per heavy atom. The zero-order chi connectivity index (χ0) is 17.2. The lowest BCUT2D eigenvalue weighted by Gasteiger charge is -2.08. The van der Waals surface area contributed by atoms with E-state index in [-0.39, 0.29) is 5.82 Å². The van der Waals surface area contributed by atoms with Gasteiger partial charge in [0.05, 0.1) is 5.52 Å². The van der Waals surface area contributed by atoms with Crippen molar-refractivity contribution in [3.05, 3.63) is 84.3 Å². The summed E-state index contributed by atoms with van der Waals surface area (Å²) in [6, 6.07) is 20.5. The third-order valence-electron chi connectivity index (χ3n) is 4.03. The summed E-state index contributed by atoms with van der Waals surface area (Å²) in [7, 11) is 0. The molecule has 1 N–H and O–H groups in total. The van der Waals surface area contributed by atoms with Gasteiger partial charge in [-0.3, -0.25) is 0 Å². The van der Waals surface area contributed by atoms with E-state index in [1.54, 1.807) is 18.3 Å². The summed E-state index contributed by atoms with van der Waals surface area (Å²) in [4.78, 5) is 8.97. The van der Waals surface area contributed by atoms with Crippen LogP contribution in [0, 0.1) is 12.7 Å². The van der Waals surface area contributed by atoms with Gasteiger partial charge in [0, 0.05) is 17.3 Å². The molecule has 0 bridgehead atoms. The van der Waals surface area contributed by atoms with Gasteiger partial charge in [-0.25, -0.2) is 14.4 Å². The molecule has 3 nitrogen and oxygen atoms in total. The van der Waals surface area contributed by atoms with Crippen LogP contribution in [0.3, 0.4) is 0 Å². The first-order valence-electron chi connectivity index (χ1n) is 8.04. The predicted molar refractivity (Wildman–Crippen MR) is 99.4 cm³/mol. The number of hydrogen-bond donors (Lipinski definition) is 1. The first-order valence-corrected chi connectivity index (χ1v) is 8.04. The molecule has 0 aliphatic carbocycles. The average Bonchev–Trinajstić information content (AvgIpc) is 2.62. The van der Waals surface area contributed by atoms with Crippen molar-refractivity contribution in [2.45, 2.75) is 6.92 Å². The van der Waals surface area contributed by atoms with Crippen LogP contribution in [-0.2, 0) is 0 Å². The standard InChI is InChI=1S/C21H16FN3/c1-14-3-2-4-19(11-14)24-21-23-13-17-12-16(7-10-20(17)25-21)15-5-8-18(22)9-6-15/h2-13H,1H3,(H,23,24,25). The fourth-order valence-corrected chi connectivity index (χ4v) is 2.77. The van der Waals surface area contributed by atoms with Crippen molar-refractivity contribution in [2.24, 2.45) is 0 Å². The molecule has 1 aromatic heterocycles. The van der Waals surface area contributed by atoms with E-state index in [0.29, 0.717) is 5.95 Å². The highest BCUT2D eigenvalue weighted by Gasteiger charge is 2.04. The molecule has 0 aliphatic rings. The maximum absolute atomic E-state index is 13.1. The largest absolute Gasteiger partial charge is 0.324 e. The van der Waals surface area contributed by atoms with Gasteiger partial charge in [0.1, 0.15) is 5.82 Å². The monoisotopic (exact) mass is 329 g/mol. The molecule has 3 aromatic carbocycles. The van der Waals surface area contributed by atoms with E-state index in [2.05, 4.69) is 15.3 Å². The molecule has 0 saturated heterocycles. The number of hydrogen-bond acceptors (Lipinski definition) is 3. The molecule has 0 radical (unpaired) electrons. The van der Waals surface area contributed by atoms with Crippen LogP contribution >= 0.6 is 0 Å². The minimum atomic E-state index is -0.236. The summed E-state index contributed by atoms with van der Waals surface area (Å²) in [5, 5.41) is 4.17. The Kier molecular flexibility index (Phi) is 3.86. The Balaban J connectivity index is 1.65. The van der Waals surface area contributed by atoms with Crippen molar-refractivity contribution >= 4 is 22.5 Å². The maximum atomic E-state index is 13.1. The van der Waals surface area contributed by atoms with Crippen molar-refractivity contribution in [1.29, 1.82) is 0 Å². The Hall–Kier alpha value is -3.27. The molecule has 4 heteroatoms. The molecule has 1 heterocycles. The molecule has 0 unspecified atom stereocenters. The lowest BCUT2D eigenvalue weighted by Crippen LogP contribution is -1.97. The number of aryl methyl sites for hydroxylation is 1. The van der Waals surface area contributed by atoms with Gasteiger partial charge < -0.3 is 5.32 Å². The number of nitrogens with zero attached hydrogens (tertiary/aromatic N) is 2. The van der Waals surface area contributed by atoms with E-state index in [1.165, 1.54) is 17.7 Å². The second-order valence-electron chi connectivity index (χ2n) is 5.97. The molecular weight excluding hydrogens is 313 g/mol. The molecule has 0 saturated carbocycles. The average molecular weight is 329 g/mol. The number of fused-ring (bicyclic) bond motifs is 1. The molecule has 25 heavy (non-hydrogen) atoms. The molecule has 4 aromatic rings. The summed E-state index contributed by atoms with van der Waals surface area (Å²) in [5.74, 6) is 0.326. The summed E-state index contributed by atoms with van der Waals surface area (Å²) in [6.45, 7) is 2.05. The molecule has 0 aliphatic heterocycles. The smallest absolute Gasteiger partial charge is 0.227 e. The molecule has 122 valence electrons. The fourth-order valence-electron chi connectivity index (χ4n) is 2.77. The van der Waals surface area contributed by atoms with Gasteiger partial charge in [-0.1, -0.05) is 30.3 Å². The van der Waals surface area contributed by atoms with Crippen LogP contribution in [0.25, 0.3) is 22.0 Å². The molecule has 0 amide bonds. The second-order valence-corrected chi connectivity index (χ2v) is 5.97. The van der Waals surface area contributed by atoms with Gasteiger partial charge in [-0.15, -0.1) is 0 Å². The number of benzene rings is 3. The molecule has 4 rings (SSSR count). The Labute approximate surface area is 145 Å². The van der Waals surface area contributed by atoms with Crippen molar-refractivity contribution in [2.75, 3.05) is 5.32 Å². The van der Waals surface area contributed by atoms with Crippen LogP contribution in [0.5, 0.6) is 0 Å². The van der Waals surface area contributed by atoms with E-state index < -0.39 is 0 Å². The van der Waals surface area contributed by atoms with Crippen molar-refractivity contribution < 1.29 is 4.39 Å². The van der Waals surface area contributed by atoms with E-state index in [0.717, 1.165) is 27.7 Å². The van der Waals surface area contributed by atoms with Crippen molar-refractivity contribution in [3.63, 3.8) is 0 Å². The van der Waals surface area contributed by atoms with Crippen LogP contribution in [0.4, 0.5) is 16.0 Å². The third kappa shape index (κ3) is 3.33. The number of anilines is 2. The Bertz CT molecular complexity index is 1040. The van der Waals surface area contributed by atoms with E-state index in [4.69, 9.17) is 0 Å². The molecule has 0 atom stereocenters. The SMILES string of the molecule is Cc1cccc(Nc2ncc3cc(-c4ccc(F)cc4)ccc3n2)c1. The molecule has 0 fully saturated rings. The Morgan fingerprint density at radius 3 is 2.48 bits per heavy atom.